The molecule has 1 N–H and O–H groups in total. The summed E-state index contributed by atoms with van der Waals surface area (Å²) >= 11 is 0. The zero-order valence-corrected chi connectivity index (χ0v) is 54.0. The summed E-state index contributed by atoms with van der Waals surface area (Å²) in [6, 6.07) is 39.2. The molecule has 7 atom stereocenters. The largest absolute Gasteiger partial charge is 0.374 e. The molecule has 0 bridgehead atoms. The Morgan fingerprint density at radius 3 is 1.20 bits per heavy atom. The maximum absolute atomic E-state index is 16.8. The molecule has 8 nitrogen and oxygen atoms in total. The lowest BCUT2D eigenvalue weighted by molar-refractivity contribution is -0.329. The van der Waals surface area contributed by atoms with Crippen LogP contribution in [0.4, 0.5) is 4.39 Å². The molecule has 1 amide bonds. The van der Waals surface area contributed by atoms with E-state index in [0.717, 1.165) is 60.8 Å². The van der Waals surface area contributed by atoms with Gasteiger partial charge in [0.15, 0.2) is 6.29 Å². The highest BCUT2D eigenvalue weighted by molar-refractivity contribution is 5.76. The number of amides is 1. The van der Waals surface area contributed by atoms with Crippen LogP contribution in [-0.4, -0.2) is 62.0 Å². The SMILES string of the molecule is CCCCCCCCCCCC/C=C/[C@@H](F)[C@H](CO[C@H]1O[C@H](COCc2ccccc2)[C@H](OCc2ccccc2)[C@H](OCc2ccccc2)[C@H]1OCc1ccccc1)NC(=O)CCCCCCCCCCCCCCCCCCCCCCCCC. The first kappa shape index (κ1) is 72.5. The number of benzene rings is 4. The maximum Gasteiger partial charge on any atom is 0.220 e. The second-order valence-electron chi connectivity index (χ2n) is 24.7. The van der Waals surface area contributed by atoms with E-state index in [0.29, 0.717) is 19.6 Å². The maximum atomic E-state index is 16.8. The third-order valence-corrected chi connectivity index (χ3v) is 17.1. The number of hydrogen-bond donors (Lipinski definition) is 1. The van der Waals surface area contributed by atoms with Gasteiger partial charge in [0.2, 0.25) is 5.91 Å². The lowest BCUT2D eigenvalue weighted by Crippen LogP contribution is -2.62. The van der Waals surface area contributed by atoms with Gasteiger partial charge in [-0.1, -0.05) is 346 Å². The van der Waals surface area contributed by atoms with Crippen LogP contribution >= 0.6 is 0 Å². The molecule has 1 aliphatic rings. The van der Waals surface area contributed by atoms with Crippen molar-refractivity contribution in [3.05, 3.63) is 156 Å². The summed E-state index contributed by atoms with van der Waals surface area (Å²) in [5.74, 6) is -0.167. The lowest BCUT2D eigenvalue weighted by atomic mass is 9.97. The van der Waals surface area contributed by atoms with Crippen LogP contribution in [0.2, 0.25) is 0 Å². The Labute approximate surface area is 523 Å². The van der Waals surface area contributed by atoms with Crippen LogP contribution in [0.25, 0.3) is 0 Å². The van der Waals surface area contributed by atoms with Crippen molar-refractivity contribution >= 4 is 5.91 Å². The molecular weight excluding hydrogens is 1070 g/mol. The van der Waals surface area contributed by atoms with Crippen LogP contribution in [0.1, 0.15) is 261 Å². The van der Waals surface area contributed by atoms with E-state index in [2.05, 4.69) is 19.2 Å². The van der Waals surface area contributed by atoms with Crippen molar-refractivity contribution < 1.29 is 37.6 Å². The molecule has 5 rings (SSSR count). The van der Waals surface area contributed by atoms with E-state index in [4.69, 9.17) is 28.4 Å². The molecule has 1 fully saturated rings. The Morgan fingerprint density at radius 1 is 0.442 bits per heavy atom. The molecule has 0 radical (unpaired) electrons. The van der Waals surface area contributed by atoms with E-state index < -0.39 is 42.9 Å². The minimum atomic E-state index is -1.49. The first-order valence-electron chi connectivity index (χ1n) is 35.0. The smallest absolute Gasteiger partial charge is 0.220 e. The monoisotopic (exact) mass is 1190 g/mol. The zero-order chi connectivity index (χ0) is 60.4. The highest BCUT2D eigenvalue weighted by atomic mass is 19.1. The number of allylic oxidation sites excluding steroid dienone is 1. The van der Waals surface area contributed by atoms with Crippen LogP contribution in [0.15, 0.2) is 133 Å². The molecule has 4 aromatic carbocycles. The van der Waals surface area contributed by atoms with Gasteiger partial charge in [-0.25, -0.2) is 4.39 Å². The third kappa shape index (κ3) is 33.9. The van der Waals surface area contributed by atoms with Gasteiger partial charge in [-0.3, -0.25) is 4.79 Å². The van der Waals surface area contributed by atoms with Crippen molar-refractivity contribution in [2.45, 2.75) is 308 Å². The van der Waals surface area contributed by atoms with Gasteiger partial charge in [-0.05, 0) is 41.5 Å². The van der Waals surface area contributed by atoms with Gasteiger partial charge >= 0.3 is 0 Å². The summed E-state index contributed by atoms with van der Waals surface area (Å²) in [5, 5.41) is 3.09. The standard InChI is InChI=1S/C77H118FNO7/c1-3-5-7-9-11-13-15-17-18-19-20-21-22-23-24-25-26-27-29-31-33-35-49-59-73(80)79-71(70(78)58-48-34-32-30-28-16-14-12-10-8-6-4-2)64-85-77-76(84-63-69-56-46-39-47-57-69)75(83-62-68-54-44-38-45-55-68)74(82-61-67-52-42-37-43-53-67)72(86-77)65-81-60-66-50-40-36-41-51-66/h36-48,50-58,70-72,74-77H,3-35,49,59-65H2,1-2H3,(H,79,80)/b58-48+/t70-,71+,72-,74+,75+,76-,77+/m1/s1. The van der Waals surface area contributed by atoms with Crippen molar-refractivity contribution in [3.8, 4) is 0 Å². The zero-order valence-electron chi connectivity index (χ0n) is 54.0. The fourth-order valence-electron chi connectivity index (χ4n) is 11.8. The summed E-state index contributed by atoms with van der Waals surface area (Å²) in [6.45, 7) is 5.76. The van der Waals surface area contributed by atoms with E-state index in [1.807, 2.05) is 127 Å². The second-order valence-corrected chi connectivity index (χ2v) is 24.7. The summed E-state index contributed by atoms with van der Waals surface area (Å²) in [7, 11) is 0. The van der Waals surface area contributed by atoms with Gasteiger partial charge in [0.25, 0.3) is 0 Å². The first-order chi connectivity index (χ1) is 42.5. The van der Waals surface area contributed by atoms with E-state index in [1.165, 1.54) is 180 Å². The predicted octanol–water partition coefficient (Wildman–Crippen LogP) is 20.8. The minimum absolute atomic E-state index is 0.150. The molecule has 480 valence electrons. The third-order valence-electron chi connectivity index (χ3n) is 17.1. The van der Waals surface area contributed by atoms with Gasteiger partial charge in [-0.15, -0.1) is 0 Å². The van der Waals surface area contributed by atoms with E-state index in [9.17, 15) is 4.79 Å². The predicted molar refractivity (Wildman–Crippen MR) is 355 cm³/mol. The molecule has 0 unspecified atom stereocenters. The number of carbonyl (C=O) groups excluding carboxylic acids is 1. The summed E-state index contributed by atoms with van der Waals surface area (Å²) < 4.78 is 57.7. The number of halogens is 1. The molecule has 0 aromatic heterocycles. The number of carbonyl (C=O) groups is 1. The number of alkyl halides is 1. The van der Waals surface area contributed by atoms with Crippen molar-refractivity contribution in [2.75, 3.05) is 13.2 Å². The Balaban J connectivity index is 1.18. The molecule has 1 heterocycles. The van der Waals surface area contributed by atoms with Crippen LogP contribution in [-0.2, 0) is 59.6 Å². The quantitative estimate of drug-likeness (QED) is 0.0348. The number of nitrogens with one attached hydrogen (secondary N) is 1. The fourth-order valence-corrected chi connectivity index (χ4v) is 11.8. The Morgan fingerprint density at radius 2 is 0.791 bits per heavy atom. The summed E-state index contributed by atoms with van der Waals surface area (Å²) in [4.78, 5) is 13.8. The number of rotatable bonds is 54. The molecule has 1 aliphatic heterocycles. The van der Waals surface area contributed by atoms with Crippen molar-refractivity contribution in [1.29, 1.82) is 0 Å². The Hall–Kier alpha value is -4.22. The van der Waals surface area contributed by atoms with Crippen molar-refractivity contribution in [3.63, 3.8) is 0 Å². The van der Waals surface area contributed by atoms with E-state index in [1.54, 1.807) is 6.08 Å². The molecule has 0 aliphatic carbocycles. The van der Waals surface area contributed by atoms with Crippen molar-refractivity contribution in [1.82, 2.24) is 5.32 Å². The molecule has 1 saturated heterocycles. The van der Waals surface area contributed by atoms with Crippen LogP contribution in [0.5, 0.6) is 0 Å². The van der Waals surface area contributed by atoms with Gasteiger partial charge in [0.05, 0.1) is 45.7 Å². The van der Waals surface area contributed by atoms with E-state index in [-0.39, 0.29) is 32.3 Å². The molecule has 0 spiro atoms. The highest BCUT2D eigenvalue weighted by Gasteiger charge is 2.49. The molecule has 9 heteroatoms. The number of ether oxygens (including phenoxy) is 6. The van der Waals surface area contributed by atoms with Crippen LogP contribution in [0.3, 0.4) is 0 Å². The topological polar surface area (TPSA) is 84.5 Å². The normalized spacial score (nSPS) is 17.7. The van der Waals surface area contributed by atoms with E-state index >= 15 is 4.39 Å². The second kappa shape index (κ2) is 49.6. The average Bonchev–Trinajstić information content (AvgIpc) is 3.28. The first-order valence-corrected chi connectivity index (χ1v) is 35.0. The average molecular weight is 1190 g/mol. The molecule has 0 saturated carbocycles. The Bertz CT molecular complexity index is 2180. The molecule has 86 heavy (non-hydrogen) atoms. The molecule has 4 aromatic rings. The van der Waals surface area contributed by atoms with Crippen LogP contribution in [0, 0.1) is 0 Å². The highest BCUT2D eigenvalue weighted by Crippen LogP contribution is 2.32. The number of hydrogen-bond acceptors (Lipinski definition) is 7. The minimum Gasteiger partial charge on any atom is -0.374 e. The van der Waals surface area contributed by atoms with Crippen LogP contribution < -0.4 is 5.32 Å². The lowest BCUT2D eigenvalue weighted by Gasteiger charge is -2.46. The number of unbranched alkanes of at least 4 members (excludes halogenated alkanes) is 32. The summed E-state index contributed by atoms with van der Waals surface area (Å²) in [5.41, 5.74) is 3.99. The molecular formula is C77H118FNO7. The van der Waals surface area contributed by atoms with Crippen molar-refractivity contribution in [2.24, 2.45) is 0 Å². The van der Waals surface area contributed by atoms with Gasteiger partial charge in [0, 0.05) is 6.42 Å². The summed E-state index contributed by atoms with van der Waals surface area (Å²) in [6.07, 6.45) is 42.2. The van der Waals surface area contributed by atoms with Gasteiger partial charge in [0.1, 0.15) is 30.6 Å². The fraction of sp³-hybridized carbons (Fsp3) is 0.649. The van der Waals surface area contributed by atoms with Gasteiger partial charge in [-0.2, -0.15) is 0 Å². The van der Waals surface area contributed by atoms with Gasteiger partial charge < -0.3 is 33.7 Å². The Kier molecular flexibility index (Phi) is 41.9.